The molecule has 0 aliphatic heterocycles. The molecule has 0 bridgehead atoms. The van der Waals surface area contributed by atoms with Crippen LogP contribution in [0.4, 0.5) is 11.5 Å². The molecule has 0 aliphatic rings. The predicted molar refractivity (Wildman–Crippen MR) is 117 cm³/mol. The van der Waals surface area contributed by atoms with Crippen LogP contribution < -0.4 is 5.32 Å². The maximum absolute atomic E-state index is 11.7. The Morgan fingerprint density at radius 1 is 1.00 bits per heavy atom. The quantitative estimate of drug-likeness (QED) is 0.422. The number of ketones is 1. The minimum Gasteiger partial charge on any atom is -0.340 e. The van der Waals surface area contributed by atoms with Gasteiger partial charge in [0.2, 0.25) is 0 Å². The van der Waals surface area contributed by atoms with E-state index in [0.29, 0.717) is 5.56 Å². The van der Waals surface area contributed by atoms with Crippen LogP contribution >= 0.6 is 11.3 Å². The van der Waals surface area contributed by atoms with E-state index in [1.807, 2.05) is 24.3 Å². The third-order valence-electron chi connectivity index (χ3n) is 4.99. The van der Waals surface area contributed by atoms with Crippen molar-refractivity contribution in [1.29, 1.82) is 0 Å². The Balaban J connectivity index is 1.87. The van der Waals surface area contributed by atoms with Crippen LogP contribution in [-0.2, 0) is 0 Å². The highest BCUT2D eigenvalue weighted by Gasteiger charge is 2.17. The Kier molecular flexibility index (Phi) is 4.69. The first kappa shape index (κ1) is 18.3. The van der Waals surface area contributed by atoms with Gasteiger partial charge >= 0.3 is 0 Å². The normalized spacial score (nSPS) is 11.0. The average Bonchev–Trinajstić information content (AvgIpc) is 3.01. The van der Waals surface area contributed by atoms with Crippen LogP contribution in [0.15, 0.2) is 48.8 Å². The number of nitrogens with one attached hydrogen (secondary N) is 1. The smallest absolute Gasteiger partial charge is 0.159 e. The molecule has 0 amide bonds. The Bertz CT molecular complexity index is 1210. The topological polar surface area (TPSA) is 54.9 Å². The molecule has 0 fully saturated rings. The molecule has 5 heteroatoms. The van der Waals surface area contributed by atoms with Gasteiger partial charge in [-0.3, -0.25) is 4.79 Å². The van der Waals surface area contributed by atoms with E-state index in [0.717, 1.165) is 27.3 Å². The number of anilines is 2. The van der Waals surface area contributed by atoms with Crippen molar-refractivity contribution in [2.24, 2.45) is 0 Å². The molecule has 0 spiro atoms. The number of benzene rings is 2. The first-order valence-electron chi connectivity index (χ1n) is 9.14. The van der Waals surface area contributed by atoms with Crippen molar-refractivity contribution >= 4 is 38.8 Å². The van der Waals surface area contributed by atoms with Crippen LogP contribution in [0, 0.1) is 20.8 Å². The van der Waals surface area contributed by atoms with Crippen molar-refractivity contribution in [3.8, 4) is 11.1 Å². The molecule has 4 nitrogen and oxygen atoms in total. The summed E-state index contributed by atoms with van der Waals surface area (Å²) >= 11 is 1.67. The number of carbonyl (C=O) groups is 1. The van der Waals surface area contributed by atoms with Crippen molar-refractivity contribution in [2.75, 3.05) is 5.32 Å². The number of Topliss-reactive ketones (excluding diaryl/α,β-unsaturated/α-hetero) is 1. The largest absolute Gasteiger partial charge is 0.340 e. The SMILES string of the molecule is CC(=O)c1cccc(Nc2ncnc3sc(C)c(-c4ccc(C)c(C)c4)c23)c1. The van der Waals surface area contributed by atoms with Gasteiger partial charge in [0.15, 0.2) is 5.78 Å². The number of carbonyl (C=O) groups excluding carboxylic acids is 1. The van der Waals surface area contributed by atoms with E-state index in [4.69, 9.17) is 0 Å². The van der Waals surface area contributed by atoms with E-state index in [1.54, 1.807) is 24.6 Å². The van der Waals surface area contributed by atoms with Crippen LogP contribution in [0.1, 0.15) is 33.3 Å². The summed E-state index contributed by atoms with van der Waals surface area (Å²) in [5.74, 6) is 0.793. The number of fused-ring (bicyclic) bond motifs is 1. The average molecular weight is 388 g/mol. The van der Waals surface area contributed by atoms with Gasteiger partial charge in [-0.25, -0.2) is 9.97 Å². The third kappa shape index (κ3) is 3.29. The number of aryl methyl sites for hydroxylation is 3. The van der Waals surface area contributed by atoms with Crippen molar-refractivity contribution in [3.63, 3.8) is 0 Å². The molecule has 4 aromatic rings. The summed E-state index contributed by atoms with van der Waals surface area (Å²) in [6.07, 6.45) is 1.58. The molecule has 4 rings (SSSR count). The fourth-order valence-electron chi connectivity index (χ4n) is 3.34. The second kappa shape index (κ2) is 7.17. The van der Waals surface area contributed by atoms with Crippen molar-refractivity contribution in [3.05, 3.63) is 70.4 Å². The highest BCUT2D eigenvalue weighted by Crippen LogP contribution is 2.41. The first-order valence-corrected chi connectivity index (χ1v) is 9.95. The fraction of sp³-hybridized carbons (Fsp3) is 0.174. The monoisotopic (exact) mass is 387 g/mol. The molecular weight excluding hydrogens is 366 g/mol. The fourth-order valence-corrected chi connectivity index (χ4v) is 4.35. The van der Waals surface area contributed by atoms with Gasteiger partial charge in [0, 0.05) is 21.7 Å². The highest BCUT2D eigenvalue weighted by molar-refractivity contribution is 7.19. The van der Waals surface area contributed by atoms with Crippen LogP contribution in [0.2, 0.25) is 0 Å². The Labute approximate surface area is 168 Å². The van der Waals surface area contributed by atoms with E-state index in [1.165, 1.54) is 21.6 Å². The molecule has 2 heterocycles. The van der Waals surface area contributed by atoms with Gasteiger partial charge in [0.1, 0.15) is 17.0 Å². The number of thiophene rings is 1. The minimum absolute atomic E-state index is 0.0404. The molecule has 0 atom stereocenters. The molecule has 2 aromatic carbocycles. The molecule has 0 saturated heterocycles. The van der Waals surface area contributed by atoms with Gasteiger partial charge in [-0.1, -0.05) is 30.3 Å². The number of rotatable bonds is 4. The lowest BCUT2D eigenvalue weighted by Crippen LogP contribution is -1.98. The van der Waals surface area contributed by atoms with E-state index in [9.17, 15) is 4.79 Å². The first-order chi connectivity index (χ1) is 13.4. The Hall–Kier alpha value is -3.05. The maximum atomic E-state index is 11.7. The van der Waals surface area contributed by atoms with Crippen molar-refractivity contribution in [1.82, 2.24) is 9.97 Å². The van der Waals surface area contributed by atoms with Gasteiger partial charge < -0.3 is 5.32 Å². The molecule has 140 valence electrons. The summed E-state index contributed by atoms with van der Waals surface area (Å²) in [6, 6.07) is 14.0. The van der Waals surface area contributed by atoms with E-state index < -0.39 is 0 Å². The van der Waals surface area contributed by atoms with Gasteiger partial charge in [-0.05, 0) is 56.5 Å². The summed E-state index contributed by atoms with van der Waals surface area (Å²) < 4.78 is 0. The zero-order chi connectivity index (χ0) is 19.8. The standard InChI is InChI=1S/C23H21N3OS/c1-13-8-9-18(10-14(13)2)20-16(4)28-23-21(20)22(24-12-25-23)26-19-7-5-6-17(11-19)15(3)27/h5-12H,1-4H3,(H,24,25,26). The zero-order valence-corrected chi connectivity index (χ0v) is 17.1. The minimum atomic E-state index is 0.0404. The summed E-state index contributed by atoms with van der Waals surface area (Å²) in [5, 5.41) is 4.41. The van der Waals surface area contributed by atoms with Gasteiger partial charge in [0.05, 0.1) is 5.39 Å². The summed E-state index contributed by atoms with van der Waals surface area (Å²) in [7, 11) is 0. The van der Waals surface area contributed by atoms with Crippen molar-refractivity contribution < 1.29 is 4.79 Å². The molecular formula is C23H21N3OS. The molecule has 0 radical (unpaired) electrons. The number of aromatic nitrogens is 2. The zero-order valence-electron chi connectivity index (χ0n) is 16.3. The summed E-state index contributed by atoms with van der Waals surface area (Å²) in [6.45, 7) is 7.94. The number of hydrogen-bond acceptors (Lipinski definition) is 5. The second-order valence-electron chi connectivity index (χ2n) is 7.00. The second-order valence-corrected chi connectivity index (χ2v) is 8.20. The lowest BCUT2D eigenvalue weighted by atomic mass is 9.99. The predicted octanol–water partition coefficient (Wildman–Crippen LogP) is 6.23. The van der Waals surface area contributed by atoms with E-state index >= 15 is 0 Å². The van der Waals surface area contributed by atoms with Gasteiger partial charge in [-0.15, -0.1) is 11.3 Å². The van der Waals surface area contributed by atoms with Crippen LogP contribution in [0.3, 0.4) is 0 Å². The van der Waals surface area contributed by atoms with Crippen molar-refractivity contribution in [2.45, 2.75) is 27.7 Å². The molecule has 0 unspecified atom stereocenters. The van der Waals surface area contributed by atoms with E-state index in [2.05, 4.69) is 54.3 Å². The van der Waals surface area contributed by atoms with E-state index in [-0.39, 0.29) is 5.78 Å². The van der Waals surface area contributed by atoms with Crippen LogP contribution in [0.5, 0.6) is 0 Å². The van der Waals surface area contributed by atoms with Crippen LogP contribution in [0.25, 0.3) is 21.3 Å². The molecule has 1 N–H and O–H groups in total. The Morgan fingerprint density at radius 3 is 2.57 bits per heavy atom. The third-order valence-corrected chi connectivity index (χ3v) is 6.00. The maximum Gasteiger partial charge on any atom is 0.159 e. The molecule has 0 saturated carbocycles. The van der Waals surface area contributed by atoms with Gasteiger partial charge in [0.25, 0.3) is 0 Å². The molecule has 0 aliphatic carbocycles. The number of hydrogen-bond donors (Lipinski definition) is 1. The lowest BCUT2D eigenvalue weighted by Gasteiger charge is -2.11. The van der Waals surface area contributed by atoms with Gasteiger partial charge in [-0.2, -0.15) is 0 Å². The molecule has 2 aromatic heterocycles. The summed E-state index contributed by atoms with van der Waals surface area (Å²) in [5.41, 5.74) is 6.37. The van der Waals surface area contributed by atoms with Crippen LogP contribution in [-0.4, -0.2) is 15.8 Å². The number of nitrogens with zero attached hydrogens (tertiary/aromatic N) is 2. The summed E-state index contributed by atoms with van der Waals surface area (Å²) in [4.78, 5) is 22.9. The molecule has 28 heavy (non-hydrogen) atoms. The highest BCUT2D eigenvalue weighted by atomic mass is 32.1. The lowest BCUT2D eigenvalue weighted by molar-refractivity contribution is 0.101. The Morgan fingerprint density at radius 2 is 1.82 bits per heavy atom.